The SMILES string of the molecule is CN(CC(F)(F)F)C(=O)c1cc(S(N)(=O)=O)cn1C. The molecule has 0 aromatic carbocycles. The molecule has 0 aliphatic rings. The van der Waals surface area contributed by atoms with E-state index in [9.17, 15) is 26.4 Å². The molecule has 0 fully saturated rings. The summed E-state index contributed by atoms with van der Waals surface area (Å²) in [6, 6.07) is 0.935. The third-order valence-electron chi connectivity index (χ3n) is 2.29. The van der Waals surface area contributed by atoms with Crippen molar-refractivity contribution in [1.82, 2.24) is 9.47 Å². The number of primary sulfonamides is 1. The molecule has 1 heterocycles. The Balaban J connectivity index is 3.04. The molecule has 10 heteroatoms. The molecule has 2 N–H and O–H groups in total. The number of alkyl halides is 3. The molecular weight excluding hydrogens is 287 g/mol. The van der Waals surface area contributed by atoms with Crippen molar-refractivity contribution in [3.05, 3.63) is 18.0 Å². The molecular formula is C9H12F3N3O3S. The maximum Gasteiger partial charge on any atom is 0.406 e. The molecule has 19 heavy (non-hydrogen) atoms. The van der Waals surface area contributed by atoms with E-state index in [2.05, 4.69) is 0 Å². The molecule has 0 unspecified atom stereocenters. The Labute approximate surface area is 107 Å². The van der Waals surface area contributed by atoms with E-state index in [4.69, 9.17) is 5.14 Å². The minimum atomic E-state index is -4.53. The maximum atomic E-state index is 12.2. The Morgan fingerprint density at radius 3 is 2.37 bits per heavy atom. The number of aromatic nitrogens is 1. The lowest BCUT2D eigenvalue weighted by molar-refractivity contribution is -0.138. The maximum absolute atomic E-state index is 12.2. The second-order valence-electron chi connectivity index (χ2n) is 3.99. The van der Waals surface area contributed by atoms with Crippen LogP contribution in [-0.4, -0.2) is 43.6 Å². The lowest BCUT2D eigenvalue weighted by Gasteiger charge is -2.18. The van der Waals surface area contributed by atoms with Crippen LogP contribution in [0.3, 0.4) is 0 Å². The van der Waals surface area contributed by atoms with Crippen LogP contribution in [0.2, 0.25) is 0 Å². The van der Waals surface area contributed by atoms with E-state index in [1.165, 1.54) is 7.05 Å². The quantitative estimate of drug-likeness (QED) is 0.871. The van der Waals surface area contributed by atoms with Crippen LogP contribution >= 0.6 is 0 Å². The highest BCUT2D eigenvalue weighted by molar-refractivity contribution is 7.89. The van der Waals surface area contributed by atoms with Crippen LogP contribution in [0.25, 0.3) is 0 Å². The van der Waals surface area contributed by atoms with E-state index >= 15 is 0 Å². The van der Waals surface area contributed by atoms with Crippen molar-refractivity contribution in [2.24, 2.45) is 12.2 Å². The van der Waals surface area contributed by atoms with Gasteiger partial charge in [0.1, 0.15) is 17.1 Å². The first-order chi connectivity index (χ1) is 8.42. The number of nitrogens with zero attached hydrogens (tertiary/aromatic N) is 2. The van der Waals surface area contributed by atoms with Crippen LogP contribution < -0.4 is 5.14 Å². The fraction of sp³-hybridized carbons (Fsp3) is 0.444. The molecule has 1 amide bonds. The molecule has 0 aliphatic heterocycles. The van der Waals surface area contributed by atoms with Crippen molar-refractivity contribution in [3.8, 4) is 0 Å². The first-order valence-electron chi connectivity index (χ1n) is 4.93. The summed E-state index contributed by atoms with van der Waals surface area (Å²) < 4.78 is 59.7. The molecule has 1 rings (SSSR count). The van der Waals surface area contributed by atoms with Crippen molar-refractivity contribution in [2.75, 3.05) is 13.6 Å². The first kappa shape index (κ1) is 15.5. The highest BCUT2D eigenvalue weighted by atomic mass is 32.2. The highest BCUT2D eigenvalue weighted by Crippen LogP contribution is 2.18. The van der Waals surface area contributed by atoms with Gasteiger partial charge in [0, 0.05) is 20.3 Å². The van der Waals surface area contributed by atoms with Gasteiger partial charge in [-0.1, -0.05) is 0 Å². The minimum absolute atomic E-state index is 0.198. The molecule has 0 radical (unpaired) electrons. The summed E-state index contributed by atoms with van der Waals surface area (Å²) >= 11 is 0. The Morgan fingerprint density at radius 1 is 1.47 bits per heavy atom. The number of hydrogen-bond donors (Lipinski definition) is 1. The van der Waals surface area contributed by atoms with Crippen molar-refractivity contribution in [1.29, 1.82) is 0 Å². The van der Waals surface area contributed by atoms with Crippen molar-refractivity contribution in [2.45, 2.75) is 11.1 Å². The minimum Gasteiger partial charge on any atom is -0.345 e. The summed E-state index contributed by atoms with van der Waals surface area (Å²) in [6.07, 6.45) is -3.47. The van der Waals surface area contributed by atoms with Gasteiger partial charge in [-0.2, -0.15) is 13.2 Å². The molecule has 0 saturated heterocycles. The van der Waals surface area contributed by atoms with Crippen LogP contribution in [0.5, 0.6) is 0 Å². The number of carbonyl (C=O) groups is 1. The zero-order valence-corrected chi connectivity index (χ0v) is 10.9. The number of aryl methyl sites for hydroxylation is 1. The normalized spacial score (nSPS) is 12.5. The Hall–Kier alpha value is -1.55. The van der Waals surface area contributed by atoms with Crippen LogP contribution in [0.15, 0.2) is 17.2 Å². The van der Waals surface area contributed by atoms with Gasteiger partial charge in [-0.15, -0.1) is 0 Å². The van der Waals surface area contributed by atoms with Gasteiger partial charge >= 0.3 is 6.18 Å². The van der Waals surface area contributed by atoms with E-state index in [1.54, 1.807) is 0 Å². The zero-order chi connectivity index (χ0) is 15.0. The van der Waals surface area contributed by atoms with Gasteiger partial charge in [0.2, 0.25) is 10.0 Å². The molecule has 1 aromatic heterocycles. The molecule has 108 valence electrons. The number of halogens is 3. The van der Waals surface area contributed by atoms with Gasteiger partial charge in [-0.3, -0.25) is 4.79 Å². The largest absolute Gasteiger partial charge is 0.406 e. The molecule has 0 bridgehead atoms. The number of sulfonamides is 1. The van der Waals surface area contributed by atoms with Gasteiger partial charge in [-0.25, -0.2) is 13.6 Å². The lowest BCUT2D eigenvalue weighted by Crippen LogP contribution is -2.36. The average Bonchev–Trinajstić information content (AvgIpc) is 2.56. The molecule has 0 aliphatic carbocycles. The van der Waals surface area contributed by atoms with Gasteiger partial charge in [0.15, 0.2) is 0 Å². The summed E-state index contributed by atoms with van der Waals surface area (Å²) in [6.45, 7) is -1.43. The van der Waals surface area contributed by atoms with E-state index in [-0.39, 0.29) is 10.6 Å². The third kappa shape index (κ3) is 3.96. The van der Waals surface area contributed by atoms with Gasteiger partial charge in [0.25, 0.3) is 5.91 Å². The second kappa shape index (κ2) is 4.85. The summed E-state index contributed by atoms with van der Waals surface area (Å²) in [5, 5.41) is 4.87. The van der Waals surface area contributed by atoms with Crippen LogP contribution in [-0.2, 0) is 17.1 Å². The molecule has 6 nitrogen and oxygen atoms in total. The summed E-state index contributed by atoms with van der Waals surface area (Å²) in [7, 11) is -1.70. The number of carbonyl (C=O) groups excluding carboxylic acids is 1. The van der Waals surface area contributed by atoms with Crippen molar-refractivity contribution < 1.29 is 26.4 Å². The second-order valence-corrected chi connectivity index (χ2v) is 5.55. The molecule has 0 saturated carbocycles. The van der Waals surface area contributed by atoms with E-state index in [0.717, 1.165) is 23.9 Å². The number of rotatable bonds is 3. The van der Waals surface area contributed by atoms with Gasteiger partial charge in [-0.05, 0) is 6.07 Å². The summed E-state index contributed by atoms with van der Waals surface area (Å²) in [5.74, 6) is -0.949. The molecule has 1 aromatic rings. The highest BCUT2D eigenvalue weighted by Gasteiger charge is 2.32. The van der Waals surface area contributed by atoms with Crippen LogP contribution in [0.1, 0.15) is 10.5 Å². The summed E-state index contributed by atoms with van der Waals surface area (Å²) in [4.78, 5) is 11.9. The third-order valence-corrected chi connectivity index (χ3v) is 3.17. The smallest absolute Gasteiger partial charge is 0.345 e. The van der Waals surface area contributed by atoms with Crippen molar-refractivity contribution in [3.63, 3.8) is 0 Å². The predicted octanol–water partition coefficient (Wildman–Crippen LogP) is 0.307. The Bertz CT molecular complexity index is 592. The lowest BCUT2D eigenvalue weighted by atomic mass is 10.3. The van der Waals surface area contributed by atoms with E-state index in [0.29, 0.717) is 4.90 Å². The van der Waals surface area contributed by atoms with Crippen LogP contribution in [0, 0.1) is 0 Å². The summed E-state index contributed by atoms with van der Waals surface area (Å²) in [5.41, 5.74) is -0.198. The molecule has 0 spiro atoms. The first-order valence-corrected chi connectivity index (χ1v) is 6.48. The topological polar surface area (TPSA) is 85.4 Å². The standard InChI is InChI=1S/C9H12F3N3O3S/c1-14-4-6(19(13,17)18)3-7(14)8(16)15(2)5-9(10,11)12/h3-4H,5H2,1-2H3,(H2,13,17,18). The van der Waals surface area contributed by atoms with Gasteiger partial charge < -0.3 is 9.47 Å². The number of amides is 1. The fourth-order valence-electron chi connectivity index (χ4n) is 1.44. The number of nitrogens with two attached hydrogens (primary N) is 1. The van der Waals surface area contributed by atoms with E-state index < -0.39 is 28.7 Å². The fourth-order valence-corrected chi connectivity index (χ4v) is 2.02. The van der Waals surface area contributed by atoms with E-state index in [1.807, 2.05) is 0 Å². The average molecular weight is 299 g/mol. The molecule has 0 atom stereocenters. The Kier molecular flexibility index (Phi) is 3.96. The van der Waals surface area contributed by atoms with Crippen LogP contribution in [0.4, 0.5) is 13.2 Å². The Morgan fingerprint density at radius 2 is 2.00 bits per heavy atom. The monoisotopic (exact) mass is 299 g/mol. The predicted molar refractivity (Wildman–Crippen MR) is 59.8 cm³/mol. The van der Waals surface area contributed by atoms with Gasteiger partial charge in [0.05, 0.1) is 0 Å². The van der Waals surface area contributed by atoms with Crippen molar-refractivity contribution >= 4 is 15.9 Å². The number of hydrogen-bond acceptors (Lipinski definition) is 3. The zero-order valence-electron chi connectivity index (χ0n) is 10.1.